The molecular formula is C63H121NO5. The van der Waals surface area contributed by atoms with Gasteiger partial charge in [0, 0.05) is 12.8 Å². The maximum absolute atomic E-state index is 12.5. The van der Waals surface area contributed by atoms with E-state index in [1.54, 1.807) is 0 Å². The second kappa shape index (κ2) is 58.9. The third-order valence-electron chi connectivity index (χ3n) is 14.5. The highest BCUT2D eigenvalue weighted by molar-refractivity contribution is 5.76. The molecule has 0 aliphatic heterocycles. The van der Waals surface area contributed by atoms with E-state index >= 15 is 0 Å². The van der Waals surface area contributed by atoms with Gasteiger partial charge in [0.2, 0.25) is 5.91 Å². The molecule has 2 atom stereocenters. The average molecular weight is 973 g/mol. The first-order chi connectivity index (χ1) is 34.0. The van der Waals surface area contributed by atoms with Crippen LogP contribution in [0.15, 0.2) is 24.3 Å². The number of unbranched alkanes of at least 4 members (excludes halogenated alkanes) is 43. The Morgan fingerprint density at radius 2 is 0.725 bits per heavy atom. The fraction of sp³-hybridized carbons (Fsp3) is 0.905. The molecule has 0 radical (unpaired) electrons. The Hall–Kier alpha value is -1.66. The van der Waals surface area contributed by atoms with Crippen molar-refractivity contribution in [3.63, 3.8) is 0 Å². The molecule has 3 N–H and O–H groups in total. The summed E-state index contributed by atoms with van der Waals surface area (Å²) >= 11 is 0. The number of allylic oxidation sites excluding steroid dienone is 4. The summed E-state index contributed by atoms with van der Waals surface area (Å²) in [5.74, 6) is -0.0338. The molecule has 0 aliphatic rings. The largest absolute Gasteiger partial charge is 0.466 e. The fourth-order valence-electron chi connectivity index (χ4n) is 9.73. The van der Waals surface area contributed by atoms with E-state index in [-0.39, 0.29) is 18.5 Å². The van der Waals surface area contributed by atoms with Gasteiger partial charge in [0.25, 0.3) is 0 Å². The summed E-state index contributed by atoms with van der Waals surface area (Å²) in [6, 6.07) is -0.544. The number of hydrogen-bond acceptors (Lipinski definition) is 5. The van der Waals surface area contributed by atoms with Crippen LogP contribution in [-0.2, 0) is 14.3 Å². The van der Waals surface area contributed by atoms with Crippen LogP contribution in [0.1, 0.15) is 341 Å². The summed E-state index contributed by atoms with van der Waals surface area (Å²) in [7, 11) is 0. The van der Waals surface area contributed by atoms with Crippen LogP contribution in [0.3, 0.4) is 0 Å². The predicted molar refractivity (Wildman–Crippen MR) is 301 cm³/mol. The first kappa shape index (κ1) is 67.3. The minimum atomic E-state index is -0.666. The van der Waals surface area contributed by atoms with Gasteiger partial charge < -0.3 is 20.3 Å². The summed E-state index contributed by atoms with van der Waals surface area (Å²) < 4.78 is 5.49. The van der Waals surface area contributed by atoms with E-state index in [0.29, 0.717) is 25.9 Å². The molecule has 69 heavy (non-hydrogen) atoms. The summed E-state index contributed by atoms with van der Waals surface area (Å²) in [5.41, 5.74) is 0. The van der Waals surface area contributed by atoms with Crippen LogP contribution in [0, 0.1) is 0 Å². The molecule has 0 fully saturated rings. The molecule has 408 valence electrons. The number of aliphatic hydroxyl groups is 2. The zero-order valence-corrected chi connectivity index (χ0v) is 46.6. The highest BCUT2D eigenvalue weighted by Gasteiger charge is 2.20. The summed E-state index contributed by atoms with van der Waals surface area (Å²) in [6.07, 6.45) is 71.8. The number of esters is 1. The maximum atomic E-state index is 12.5. The van der Waals surface area contributed by atoms with Crippen LogP contribution in [0.4, 0.5) is 0 Å². The van der Waals surface area contributed by atoms with Crippen LogP contribution in [-0.4, -0.2) is 47.4 Å². The van der Waals surface area contributed by atoms with Gasteiger partial charge in [-0.25, -0.2) is 0 Å². The number of ether oxygens (including phenoxy) is 1. The Bertz CT molecular complexity index is 1080. The lowest BCUT2D eigenvalue weighted by molar-refractivity contribution is -0.143. The fourth-order valence-corrected chi connectivity index (χ4v) is 9.73. The van der Waals surface area contributed by atoms with Gasteiger partial charge >= 0.3 is 5.97 Å². The van der Waals surface area contributed by atoms with Gasteiger partial charge in [-0.2, -0.15) is 0 Å². The Morgan fingerprint density at radius 1 is 0.406 bits per heavy atom. The van der Waals surface area contributed by atoms with Crippen LogP contribution in [0.2, 0.25) is 0 Å². The highest BCUT2D eigenvalue weighted by Crippen LogP contribution is 2.18. The molecule has 1 amide bonds. The van der Waals surface area contributed by atoms with E-state index in [1.807, 2.05) is 0 Å². The number of aliphatic hydroxyl groups excluding tert-OH is 2. The number of carbonyl (C=O) groups excluding carboxylic acids is 2. The minimum absolute atomic E-state index is 0.00187. The van der Waals surface area contributed by atoms with Crippen molar-refractivity contribution in [3.8, 4) is 0 Å². The predicted octanol–water partition coefficient (Wildman–Crippen LogP) is 19.4. The van der Waals surface area contributed by atoms with E-state index in [2.05, 4.69) is 43.5 Å². The molecule has 0 saturated carbocycles. The number of carbonyl (C=O) groups is 2. The van der Waals surface area contributed by atoms with Crippen molar-refractivity contribution in [2.24, 2.45) is 0 Å². The van der Waals surface area contributed by atoms with Gasteiger partial charge in [0.1, 0.15) is 0 Å². The molecule has 0 rings (SSSR count). The summed E-state index contributed by atoms with van der Waals surface area (Å²) in [5, 5.41) is 23.3. The summed E-state index contributed by atoms with van der Waals surface area (Å²) in [6.45, 7) is 4.94. The van der Waals surface area contributed by atoms with Crippen molar-refractivity contribution in [1.82, 2.24) is 5.32 Å². The smallest absolute Gasteiger partial charge is 0.305 e. The Kier molecular flexibility index (Phi) is 57.5. The summed E-state index contributed by atoms with van der Waals surface area (Å²) in [4.78, 5) is 24.6. The lowest BCUT2D eigenvalue weighted by atomic mass is 10.0. The van der Waals surface area contributed by atoms with E-state index in [9.17, 15) is 19.8 Å². The van der Waals surface area contributed by atoms with Crippen LogP contribution < -0.4 is 5.32 Å². The molecule has 0 spiro atoms. The zero-order chi connectivity index (χ0) is 50.0. The Labute approximate surface area is 431 Å². The van der Waals surface area contributed by atoms with Gasteiger partial charge in [-0.3, -0.25) is 9.59 Å². The molecule has 0 aliphatic carbocycles. The molecule has 6 nitrogen and oxygen atoms in total. The first-order valence-electron chi connectivity index (χ1n) is 31.1. The van der Waals surface area contributed by atoms with Gasteiger partial charge in [-0.05, 0) is 57.8 Å². The van der Waals surface area contributed by atoms with Crippen molar-refractivity contribution in [2.45, 2.75) is 353 Å². The first-order valence-corrected chi connectivity index (χ1v) is 31.1. The van der Waals surface area contributed by atoms with E-state index in [1.165, 1.54) is 257 Å². The quantitative estimate of drug-likeness (QED) is 0.0321. The molecule has 0 aromatic carbocycles. The molecule has 2 unspecified atom stereocenters. The van der Waals surface area contributed by atoms with Gasteiger partial charge in [0.05, 0.1) is 25.4 Å². The van der Waals surface area contributed by atoms with Crippen LogP contribution in [0.25, 0.3) is 0 Å². The lowest BCUT2D eigenvalue weighted by Crippen LogP contribution is -2.45. The standard InChI is InChI=1S/C63H121NO5/c1-3-5-7-9-11-13-15-17-19-24-29-33-37-41-45-49-53-57-63(68)69-58-54-50-46-42-38-34-30-26-23-21-22-25-28-32-36-40-44-48-52-56-62(67)64-60(59-65)61(66)55-51-47-43-39-35-31-27-20-18-16-14-12-10-8-6-4-2/h11,13,17,19,60-61,65-66H,3-10,12,14-16,18,20-59H2,1-2H3,(H,64,67)/b13-11-,19-17-. The molecule has 0 aromatic heterocycles. The SMILES string of the molecule is CCCCC/C=C\C/C=C\CCCCCCCCCC(=O)OCCCCCCCCCCCCCCCCCCCCCC(=O)NC(CO)C(O)CCCCCCCCCCCCCCCCCC. The van der Waals surface area contributed by atoms with Crippen LogP contribution in [0.5, 0.6) is 0 Å². The Balaban J connectivity index is 3.39. The van der Waals surface area contributed by atoms with Crippen molar-refractivity contribution in [1.29, 1.82) is 0 Å². The second-order valence-corrected chi connectivity index (χ2v) is 21.4. The maximum Gasteiger partial charge on any atom is 0.305 e. The highest BCUT2D eigenvalue weighted by atomic mass is 16.5. The monoisotopic (exact) mass is 972 g/mol. The third-order valence-corrected chi connectivity index (χ3v) is 14.5. The van der Waals surface area contributed by atoms with Gasteiger partial charge in [0.15, 0.2) is 0 Å². The van der Waals surface area contributed by atoms with Crippen molar-refractivity contribution in [3.05, 3.63) is 24.3 Å². The molecule has 0 heterocycles. The van der Waals surface area contributed by atoms with Crippen molar-refractivity contribution < 1.29 is 24.5 Å². The van der Waals surface area contributed by atoms with E-state index in [4.69, 9.17) is 4.74 Å². The van der Waals surface area contributed by atoms with Crippen molar-refractivity contribution >= 4 is 11.9 Å². The molecule has 0 saturated heterocycles. The van der Waals surface area contributed by atoms with Crippen LogP contribution >= 0.6 is 0 Å². The average Bonchev–Trinajstić information content (AvgIpc) is 3.35. The zero-order valence-electron chi connectivity index (χ0n) is 46.6. The third kappa shape index (κ3) is 55.5. The number of hydrogen-bond donors (Lipinski definition) is 3. The van der Waals surface area contributed by atoms with E-state index in [0.717, 1.165) is 51.4 Å². The number of amides is 1. The van der Waals surface area contributed by atoms with Crippen molar-refractivity contribution in [2.75, 3.05) is 13.2 Å². The van der Waals surface area contributed by atoms with Gasteiger partial charge in [-0.15, -0.1) is 0 Å². The molecule has 0 bridgehead atoms. The Morgan fingerprint density at radius 3 is 1.13 bits per heavy atom. The molecular weight excluding hydrogens is 851 g/mol. The van der Waals surface area contributed by atoms with Gasteiger partial charge in [-0.1, -0.05) is 295 Å². The second-order valence-electron chi connectivity index (χ2n) is 21.4. The minimum Gasteiger partial charge on any atom is -0.466 e. The topological polar surface area (TPSA) is 95.9 Å². The lowest BCUT2D eigenvalue weighted by Gasteiger charge is -2.22. The number of nitrogens with one attached hydrogen (secondary N) is 1. The molecule has 6 heteroatoms. The normalized spacial score (nSPS) is 12.7. The number of rotatable bonds is 58. The molecule has 0 aromatic rings. The van der Waals surface area contributed by atoms with E-state index < -0.39 is 12.1 Å².